The molecule has 1 aromatic carbocycles. The predicted octanol–water partition coefficient (Wildman–Crippen LogP) is 3.79. The van der Waals surface area contributed by atoms with Gasteiger partial charge in [0, 0.05) is 24.2 Å². The van der Waals surface area contributed by atoms with Crippen molar-refractivity contribution in [3.05, 3.63) is 41.8 Å². The molecule has 0 amide bonds. The number of aliphatic hydroxyl groups is 1. The lowest BCUT2D eigenvalue weighted by Crippen LogP contribution is -2.36. The number of aliphatic hydroxyl groups excluding tert-OH is 1. The summed E-state index contributed by atoms with van der Waals surface area (Å²) in [6.07, 6.45) is 0. The van der Waals surface area contributed by atoms with E-state index in [0.717, 1.165) is 11.3 Å². The summed E-state index contributed by atoms with van der Waals surface area (Å²) in [6, 6.07) is 8.49. The fourth-order valence-electron chi connectivity index (χ4n) is 2.74. The van der Waals surface area contributed by atoms with E-state index >= 15 is 0 Å². The molecule has 2 N–H and O–H groups in total. The zero-order valence-electron chi connectivity index (χ0n) is 16.5. The van der Waals surface area contributed by atoms with E-state index in [2.05, 4.69) is 10.3 Å². The maximum atomic E-state index is 14.2. The lowest BCUT2D eigenvalue weighted by molar-refractivity contribution is 0.209. The lowest BCUT2D eigenvalue weighted by Gasteiger charge is -2.20. The van der Waals surface area contributed by atoms with Crippen molar-refractivity contribution >= 4 is 0 Å². The van der Waals surface area contributed by atoms with E-state index in [1.54, 1.807) is 6.07 Å². The standard InChI is InChI=1S/C21H29FN2O3/c1-5-26-15-7-8-16(21(11-15)27-6-2)18-10-9-17(22)19(24-18)12-23-20(13-25)14(3)4/h7-11,14,20,23,25H,5-6,12-13H2,1-4H3/t20-/m0/s1. The molecule has 27 heavy (non-hydrogen) atoms. The van der Waals surface area contributed by atoms with Gasteiger partial charge >= 0.3 is 0 Å². The van der Waals surface area contributed by atoms with Crippen molar-refractivity contribution in [2.45, 2.75) is 40.3 Å². The smallest absolute Gasteiger partial charge is 0.146 e. The molecular weight excluding hydrogens is 347 g/mol. The average molecular weight is 376 g/mol. The van der Waals surface area contributed by atoms with Crippen LogP contribution in [0.1, 0.15) is 33.4 Å². The molecule has 0 unspecified atom stereocenters. The summed E-state index contributed by atoms with van der Waals surface area (Å²) in [5.41, 5.74) is 1.72. The van der Waals surface area contributed by atoms with Gasteiger partial charge in [0.25, 0.3) is 0 Å². The van der Waals surface area contributed by atoms with Gasteiger partial charge in [0.15, 0.2) is 0 Å². The minimum absolute atomic E-state index is 0.00758. The number of benzene rings is 1. The van der Waals surface area contributed by atoms with Crippen LogP contribution in [0.2, 0.25) is 0 Å². The van der Waals surface area contributed by atoms with Crippen LogP contribution in [0.25, 0.3) is 11.3 Å². The van der Waals surface area contributed by atoms with Gasteiger partial charge in [-0.25, -0.2) is 9.37 Å². The highest BCUT2D eigenvalue weighted by atomic mass is 19.1. The first-order valence-electron chi connectivity index (χ1n) is 9.39. The Morgan fingerprint density at radius 2 is 1.85 bits per heavy atom. The molecule has 5 nitrogen and oxygen atoms in total. The van der Waals surface area contributed by atoms with Crippen molar-refractivity contribution in [1.82, 2.24) is 10.3 Å². The van der Waals surface area contributed by atoms with Crippen LogP contribution in [0.4, 0.5) is 4.39 Å². The molecule has 0 saturated carbocycles. The number of rotatable bonds is 10. The summed E-state index contributed by atoms with van der Waals surface area (Å²) in [4.78, 5) is 4.49. The lowest BCUT2D eigenvalue weighted by atomic mass is 10.1. The third-order valence-corrected chi connectivity index (χ3v) is 4.29. The number of nitrogens with zero attached hydrogens (tertiary/aromatic N) is 1. The van der Waals surface area contributed by atoms with Crippen molar-refractivity contribution in [3.63, 3.8) is 0 Å². The van der Waals surface area contributed by atoms with Crippen LogP contribution < -0.4 is 14.8 Å². The van der Waals surface area contributed by atoms with E-state index in [9.17, 15) is 9.50 Å². The highest BCUT2D eigenvalue weighted by Gasteiger charge is 2.15. The molecule has 2 aromatic rings. The van der Waals surface area contributed by atoms with Gasteiger partial charge in [-0.1, -0.05) is 13.8 Å². The molecule has 0 bridgehead atoms. The second-order valence-electron chi connectivity index (χ2n) is 6.56. The molecule has 1 atom stereocenters. The van der Waals surface area contributed by atoms with E-state index in [4.69, 9.17) is 9.47 Å². The molecule has 2 rings (SSSR count). The normalized spacial score (nSPS) is 12.3. The number of halogens is 1. The number of aromatic nitrogens is 1. The highest BCUT2D eigenvalue weighted by Crippen LogP contribution is 2.33. The largest absolute Gasteiger partial charge is 0.494 e. The fraction of sp³-hybridized carbons (Fsp3) is 0.476. The first-order valence-corrected chi connectivity index (χ1v) is 9.39. The third kappa shape index (κ3) is 5.65. The number of ether oxygens (including phenoxy) is 2. The van der Waals surface area contributed by atoms with Gasteiger partial charge in [0.05, 0.1) is 31.2 Å². The Bertz CT molecular complexity index is 737. The summed E-state index contributed by atoms with van der Waals surface area (Å²) in [5.74, 6) is 1.22. The molecule has 0 fully saturated rings. The molecule has 0 spiro atoms. The number of pyridine rings is 1. The van der Waals surface area contributed by atoms with Gasteiger partial charge in [-0.2, -0.15) is 0 Å². The number of nitrogens with one attached hydrogen (secondary N) is 1. The summed E-state index contributed by atoms with van der Waals surface area (Å²) in [7, 11) is 0. The Morgan fingerprint density at radius 3 is 2.48 bits per heavy atom. The second-order valence-corrected chi connectivity index (χ2v) is 6.56. The summed E-state index contributed by atoms with van der Waals surface area (Å²) in [6.45, 7) is 9.14. The maximum absolute atomic E-state index is 14.2. The van der Waals surface area contributed by atoms with Crippen molar-refractivity contribution in [2.75, 3.05) is 19.8 Å². The van der Waals surface area contributed by atoms with E-state index in [1.165, 1.54) is 6.07 Å². The van der Waals surface area contributed by atoms with Crippen LogP contribution in [0.5, 0.6) is 11.5 Å². The molecule has 1 heterocycles. The molecule has 6 heteroatoms. The van der Waals surface area contributed by atoms with Crippen LogP contribution in [-0.2, 0) is 6.54 Å². The van der Waals surface area contributed by atoms with Gasteiger partial charge in [-0.15, -0.1) is 0 Å². The third-order valence-electron chi connectivity index (χ3n) is 4.29. The van der Waals surface area contributed by atoms with E-state index in [0.29, 0.717) is 30.4 Å². The zero-order valence-corrected chi connectivity index (χ0v) is 16.5. The van der Waals surface area contributed by atoms with Crippen molar-refractivity contribution in [1.29, 1.82) is 0 Å². The van der Waals surface area contributed by atoms with E-state index in [1.807, 2.05) is 45.9 Å². The second kappa shape index (κ2) is 10.2. The fourth-order valence-corrected chi connectivity index (χ4v) is 2.74. The first-order chi connectivity index (χ1) is 13.0. The van der Waals surface area contributed by atoms with Gasteiger partial charge in [-0.3, -0.25) is 0 Å². The minimum Gasteiger partial charge on any atom is -0.494 e. The molecule has 1 aromatic heterocycles. The van der Waals surface area contributed by atoms with Gasteiger partial charge in [-0.05, 0) is 44.0 Å². The van der Waals surface area contributed by atoms with Crippen LogP contribution in [0.15, 0.2) is 30.3 Å². The van der Waals surface area contributed by atoms with Crippen LogP contribution in [0.3, 0.4) is 0 Å². The molecule has 0 aliphatic heterocycles. The van der Waals surface area contributed by atoms with Crippen LogP contribution in [0, 0.1) is 11.7 Å². The van der Waals surface area contributed by atoms with Crippen molar-refractivity contribution in [2.24, 2.45) is 5.92 Å². The Labute approximate surface area is 160 Å². The first kappa shape index (κ1) is 21.1. The van der Waals surface area contributed by atoms with E-state index in [-0.39, 0.29) is 30.9 Å². The SMILES string of the molecule is CCOc1ccc(-c2ccc(F)c(CN[C@@H](CO)C(C)C)n2)c(OCC)c1. The average Bonchev–Trinajstić information content (AvgIpc) is 2.64. The Morgan fingerprint density at radius 1 is 1.11 bits per heavy atom. The summed E-state index contributed by atoms with van der Waals surface area (Å²) >= 11 is 0. The Hall–Kier alpha value is -2.18. The maximum Gasteiger partial charge on any atom is 0.146 e. The molecule has 0 saturated heterocycles. The van der Waals surface area contributed by atoms with Crippen LogP contribution >= 0.6 is 0 Å². The Kier molecular flexibility index (Phi) is 8.00. The predicted molar refractivity (Wildman–Crippen MR) is 105 cm³/mol. The molecular formula is C21H29FN2O3. The van der Waals surface area contributed by atoms with Gasteiger partial charge < -0.3 is 19.9 Å². The van der Waals surface area contributed by atoms with Crippen LogP contribution in [-0.4, -0.2) is 36.0 Å². The minimum atomic E-state index is -0.379. The number of hydrogen-bond donors (Lipinski definition) is 2. The van der Waals surface area contributed by atoms with E-state index < -0.39 is 0 Å². The number of hydrogen-bond acceptors (Lipinski definition) is 5. The molecule has 148 valence electrons. The summed E-state index contributed by atoms with van der Waals surface area (Å²) in [5, 5.41) is 12.6. The topological polar surface area (TPSA) is 63.6 Å². The van der Waals surface area contributed by atoms with Crippen molar-refractivity contribution in [3.8, 4) is 22.8 Å². The Balaban J connectivity index is 2.31. The summed E-state index contributed by atoms with van der Waals surface area (Å²) < 4.78 is 25.5. The van der Waals surface area contributed by atoms with Gasteiger partial charge in [0.2, 0.25) is 0 Å². The quantitative estimate of drug-likeness (QED) is 0.660. The molecule has 0 aliphatic carbocycles. The highest BCUT2D eigenvalue weighted by molar-refractivity contribution is 5.68. The zero-order chi connectivity index (χ0) is 19.8. The molecule has 0 radical (unpaired) electrons. The van der Waals surface area contributed by atoms with Gasteiger partial charge in [0.1, 0.15) is 17.3 Å². The van der Waals surface area contributed by atoms with Crippen molar-refractivity contribution < 1.29 is 19.0 Å². The molecule has 0 aliphatic rings. The monoisotopic (exact) mass is 376 g/mol.